The van der Waals surface area contributed by atoms with Crippen molar-refractivity contribution < 1.29 is 0 Å². The number of nitrogens with zero attached hydrogens (tertiary/aromatic N) is 3. The van der Waals surface area contributed by atoms with Gasteiger partial charge in [0, 0.05) is 19.3 Å². The van der Waals surface area contributed by atoms with E-state index in [1.807, 2.05) is 6.20 Å². The van der Waals surface area contributed by atoms with E-state index >= 15 is 0 Å². The molecule has 0 unspecified atom stereocenters. The highest BCUT2D eigenvalue weighted by Gasteiger charge is 2.19. The second kappa shape index (κ2) is 6.25. The van der Waals surface area contributed by atoms with E-state index in [1.54, 1.807) is 6.33 Å². The molecule has 2 aromatic rings. The monoisotopic (exact) mass is 272 g/mol. The number of aromatic amines is 1. The predicted molar refractivity (Wildman–Crippen MR) is 83.0 cm³/mol. The summed E-state index contributed by atoms with van der Waals surface area (Å²) < 4.78 is 0. The van der Waals surface area contributed by atoms with Crippen LogP contribution in [0, 0.1) is 0 Å². The standard InChI is InChI=1S/C16H24N4/c1-20(13-8-6-4-2-3-5-7-9-13)16-14-10-11-17-15(14)18-12-19-16/h10-13H,2-9H2,1H3,(H,17,18,19). The van der Waals surface area contributed by atoms with Crippen LogP contribution in [0.5, 0.6) is 0 Å². The summed E-state index contributed by atoms with van der Waals surface area (Å²) in [6, 6.07) is 2.69. The van der Waals surface area contributed by atoms with Crippen LogP contribution in [-0.2, 0) is 0 Å². The maximum atomic E-state index is 4.53. The van der Waals surface area contributed by atoms with Crippen molar-refractivity contribution >= 4 is 16.9 Å². The van der Waals surface area contributed by atoms with Crippen molar-refractivity contribution in [2.24, 2.45) is 0 Å². The third-order valence-corrected chi connectivity index (χ3v) is 4.54. The van der Waals surface area contributed by atoms with Crippen LogP contribution in [0.1, 0.15) is 51.4 Å². The molecule has 1 saturated carbocycles. The fraction of sp³-hybridized carbons (Fsp3) is 0.625. The number of anilines is 1. The summed E-state index contributed by atoms with van der Waals surface area (Å²) in [5, 5.41) is 1.13. The van der Waals surface area contributed by atoms with Crippen molar-refractivity contribution in [1.82, 2.24) is 15.0 Å². The van der Waals surface area contributed by atoms with Crippen molar-refractivity contribution in [3.8, 4) is 0 Å². The topological polar surface area (TPSA) is 44.8 Å². The van der Waals surface area contributed by atoms with Gasteiger partial charge < -0.3 is 9.88 Å². The maximum Gasteiger partial charge on any atom is 0.142 e. The molecule has 1 aliphatic rings. The normalized spacial score (nSPS) is 18.4. The second-order valence-electron chi connectivity index (χ2n) is 5.90. The fourth-order valence-corrected chi connectivity index (χ4v) is 3.31. The van der Waals surface area contributed by atoms with Gasteiger partial charge in [-0.1, -0.05) is 38.5 Å². The molecule has 1 aliphatic carbocycles. The molecule has 0 bridgehead atoms. The Labute approximate surface area is 120 Å². The lowest BCUT2D eigenvalue weighted by Gasteiger charge is -2.29. The fourth-order valence-electron chi connectivity index (χ4n) is 3.31. The molecular weight excluding hydrogens is 248 g/mol. The van der Waals surface area contributed by atoms with Gasteiger partial charge in [-0.05, 0) is 18.9 Å². The first kappa shape index (κ1) is 13.4. The SMILES string of the molecule is CN(c1ncnc2[nH]ccc12)C1CCCCCCCC1. The van der Waals surface area contributed by atoms with Crippen LogP contribution in [0.4, 0.5) is 5.82 Å². The van der Waals surface area contributed by atoms with E-state index < -0.39 is 0 Å². The number of nitrogens with one attached hydrogen (secondary N) is 1. The van der Waals surface area contributed by atoms with Crippen LogP contribution in [0.3, 0.4) is 0 Å². The molecule has 0 radical (unpaired) electrons. The zero-order chi connectivity index (χ0) is 13.8. The van der Waals surface area contributed by atoms with Crippen LogP contribution >= 0.6 is 0 Å². The van der Waals surface area contributed by atoms with Gasteiger partial charge in [0.25, 0.3) is 0 Å². The second-order valence-corrected chi connectivity index (χ2v) is 5.90. The molecule has 0 aromatic carbocycles. The summed E-state index contributed by atoms with van der Waals surface area (Å²) in [5.74, 6) is 1.07. The third-order valence-electron chi connectivity index (χ3n) is 4.54. The van der Waals surface area contributed by atoms with E-state index in [4.69, 9.17) is 0 Å². The molecule has 108 valence electrons. The summed E-state index contributed by atoms with van der Waals surface area (Å²) in [6.07, 6.45) is 14.4. The Morgan fingerprint density at radius 1 is 1.05 bits per heavy atom. The van der Waals surface area contributed by atoms with Crippen LogP contribution in [0.25, 0.3) is 11.0 Å². The Bertz CT molecular complexity index is 538. The van der Waals surface area contributed by atoms with Crippen molar-refractivity contribution in [3.63, 3.8) is 0 Å². The molecule has 4 nitrogen and oxygen atoms in total. The zero-order valence-electron chi connectivity index (χ0n) is 12.3. The Hall–Kier alpha value is -1.58. The summed E-state index contributed by atoms with van der Waals surface area (Å²) in [7, 11) is 2.19. The summed E-state index contributed by atoms with van der Waals surface area (Å²) >= 11 is 0. The number of aromatic nitrogens is 3. The Morgan fingerprint density at radius 2 is 1.75 bits per heavy atom. The van der Waals surface area contributed by atoms with Gasteiger partial charge in [-0.2, -0.15) is 0 Å². The average molecular weight is 272 g/mol. The number of hydrogen-bond donors (Lipinski definition) is 1. The van der Waals surface area contributed by atoms with Crippen molar-refractivity contribution in [2.75, 3.05) is 11.9 Å². The van der Waals surface area contributed by atoms with Crippen molar-refractivity contribution in [2.45, 2.75) is 57.4 Å². The number of hydrogen-bond acceptors (Lipinski definition) is 3. The van der Waals surface area contributed by atoms with Crippen LogP contribution in [0.2, 0.25) is 0 Å². The molecule has 1 N–H and O–H groups in total. The van der Waals surface area contributed by atoms with Gasteiger partial charge in [-0.3, -0.25) is 0 Å². The molecule has 2 aromatic heterocycles. The zero-order valence-corrected chi connectivity index (χ0v) is 12.3. The van der Waals surface area contributed by atoms with Gasteiger partial charge in [-0.25, -0.2) is 9.97 Å². The predicted octanol–water partition coefficient (Wildman–Crippen LogP) is 3.90. The molecule has 0 amide bonds. The highest BCUT2D eigenvalue weighted by Crippen LogP contribution is 2.27. The molecule has 2 heterocycles. The first-order chi connectivity index (χ1) is 9.86. The molecule has 0 aliphatic heterocycles. The van der Waals surface area contributed by atoms with Crippen molar-refractivity contribution in [1.29, 1.82) is 0 Å². The molecule has 20 heavy (non-hydrogen) atoms. The van der Waals surface area contributed by atoms with Crippen molar-refractivity contribution in [3.05, 3.63) is 18.6 Å². The molecule has 3 rings (SSSR count). The Kier molecular flexibility index (Phi) is 4.19. The highest BCUT2D eigenvalue weighted by atomic mass is 15.2. The molecule has 4 heteroatoms. The molecule has 0 saturated heterocycles. The minimum Gasteiger partial charge on any atom is -0.356 e. The third kappa shape index (κ3) is 2.79. The van der Waals surface area contributed by atoms with E-state index in [-0.39, 0.29) is 0 Å². The molecule has 0 atom stereocenters. The average Bonchev–Trinajstić information content (AvgIpc) is 2.99. The van der Waals surface area contributed by atoms with Crippen LogP contribution in [-0.4, -0.2) is 28.0 Å². The van der Waals surface area contributed by atoms with Gasteiger partial charge in [0.2, 0.25) is 0 Å². The quantitative estimate of drug-likeness (QED) is 0.902. The smallest absolute Gasteiger partial charge is 0.142 e. The number of rotatable bonds is 2. The maximum absolute atomic E-state index is 4.53. The summed E-state index contributed by atoms with van der Waals surface area (Å²) in [5.41, 5.74) is 0.935. The first-order valence-corrected chi connectivity index (χ1v) is 7.87. The largest absolute Gasteiger partial charge is 0.356 e. The van der Waals surface area contributed by atoms with Gasteiger partial charge in [0.1, 0.15) is 17.8 Å². The van der Waals surface area contributed by atoms with Gasteiger partial charge in [-0.15, -0.1) is 0 Å². The van der Waals surface area contributed by atoms with E-state index in [0.717, 1.165) is 16.9 Å². The van der Waals surface area contributed by atoms with Crippen LogP contribution in [0.15, 0.2) is 18.6 Å². The minimum atomic E-state index is 0.612. The lowest BCUT2D eigenvalue weighted by Crippen LogP contribution is -2.32. The number of fused-ring (bicyclic) bond motifs is 1. The summed E-state index contributed by atoms with van der Waals surface area (Å²) in [4.78, 5) is 14.4. The summed E-state index contributed by atoms with van der Waals surface area (Å²) in [6.45, 7) is 0. The van der Waals surface area contributed by atoms with Gasteiger partial charge in [0.05, 0.1) is 5.39 Å². The lowest BCUT2D eigenvalue weighted by atomic mass is 10.0. The van der Waals surface area contributed by atoms with E-state index in [2.05, 4.69) is 33.0 Å². The number of H-pyrrole nitrogens is 1. The molecule has 1 fully saturated rings. The molecule has 0 spiro atoms. The van der Waals surface area contributed by atoms with Gasteiger partial charge >= 0.3 is 0 Å². The van der Waals surface area contributed by atoms with E-state index in [1.165, 1.54) is 51.4 Å². The van der Waals surface area contributed by atoms with E-state index in [9.17, 15) is 0 Å². The minimum absolute atomic E-state index is 0.612. The Morgan fingerprint density at radius 3 is 2.50 bits per heavy atom. The van der Waals surface area contributed by atoms with Gasteiger partial charge in [0.15, 0.2) is 0 Å². The van der Waals surface area contributed by atoms with E-state index in [0.29, 0.717) is 6.04 Å². The van der Waals surface area contributed by atoms with Crippen LogP contribution < -0.4 is 4.90 Å². The molecular formula is C16H24N4. The Balaban J connectivity index is 1.82. The lowest BCUT2D eigenvalue weighted by molar-refractivity contribution is 0.509. The highest BCUT2D eigenvalue weighted by molar-refractivity contribution is 5.87. The first-order valence-electron chi connectivity index (χ1n) is 7.87.